The predicted molar refractivity (Wildman–Crippen MR) is 106 cm³/mol. The van der Waals surface area contributed by atoms with Gasteiger partial charge in [-0.25, -0.2) is 4.98 Å². The maximum atomic E-state index is 12.9. The van der Waals surface area contributed by atoms with Gasteiger partial charge in [-0.3, -0.25) is 14.2 Å². The van der Waals surface area contributed by atoms with Crippen molar-refractivity contribution >= 4 is 39.2 Å². The first kappa shape index (κ1) is 19.1. The average molecular weight is 394 g/mol. The first-order chi connectivity index (χ1) is 12.4. The van der Waals surface area contributed by atoms with E-state index in [9.17, 15) is 9.59 Å². The number of nitrogens with zero attached hydrogens (tertiary/aromatic N) is 3. The largest absolute Gasteiger partial charge is 0.375 e. The molecule has 0 spiro atoms. The van der Waals surface area contributed by atoms with Crippen molar-refractivity contribution in [3.63, 3.8) is 0 Å². The number of carbonyl (C=O) groups excluding carboxylic acids is 1. The van der Waals surface area contributed by atoms with E-state index in [-0.39, 0.29) is 23.3 Å². The molecule has 0 bridgehead atoms. The summed E-state index contributed by atoms with van der Waals surface area (Å²) in [5, 5.41) is 1.24. The number of thioether (sulfide) groups is 1. The summed E-state index contributed by atoms with van der Waals surface area (Å²) in [6.45, 7) is 11.8. The number of hydrogen-bond donors (Lipinski definition) is 0. The first-order valence-corrected chi connectivity index (χ1v) is 10.4. The summed E-state index contributed by atoms with van der Waals surface area (Å²) in [5.74, 6) is 0.300. The Bertz CT molecular complexity index is 903. The van der Waals surface area contributed by atoms with Crippen molar-refractivity contribution in [3.8, 4) is 0 Å². The molecule has 2 aromatic rings. The van der Waals surface area contributed by atoms with Crippen molar-refractivity contribution in [2.45, 2.75) is 38.6 Å². The van der Waals surface area contributed by atoms with Crippen LogP contribution in [0.3, 0.4) is 0 Å². The topological polar surface area (TPSA) is 64.4 Å². The van der Waals surface area contributed by atoms with Gasteiger partial charge in [0, 0.05) is 24.5 Å². The molecule has 140 valence electrons. The minimum atomic E-state index is -0.0632. The summed E-state index contributed by atoms with van der Waals surface area (Å²) >= 11 is 2.83. The van der Waals surface area contributed by atoms with Gasteiger partial charge in [-0.05, 0) is 26.3 Å². The molecular weight excluding hydrogens is 370 g/mol. The summed E-state index contributed by atoms with van der Waals surface area (Å²) in [6.07, 6.45) is 1.74. The monoisotopic (exact) mass is 393 g/mol. The predicted octanol–water partition coefficient (Wildman–Crippen LogP) is 2.60. The number of hydrogen-bond acceptors (Lipinski definition) is 6. The SMILES string of the molecule is C=CCn1c(SCC(=O)N2CCOC(C)C2)nc2sc(C)c(C)c2c1=O. The number of rotatable bonds is 5. The third-order valence-electron chi connectivity index (χ3n) is 4.48. The lowest BCUT2D eigenvalue weighted by atomic mass is 10.2. The quantitative estimate of drug-likeness (QED) is 0.444. The molecule has 1 fully saturated rings. The Morgan fingerprint density at radius 2 is 2.27 bits per heavy atom. The molecule has 26 heavy (non-hydrogen) atoms. The Morgan fingerprint density at radius 3 is 2.96 bits per heavy atom. The maximum absolute atomic E-state index is 12.9. The number of thiophene rings is 1. The van der Waals surface area contributed by atoms with Gasteiger partial charge in [-0.2, -0.15) is 0 Å². The average Bonchev–Trinajstić information content (AvgIpc) is 2.90. The number of carbonyl (C=O) groups is 1. The van der Waals surface area contributed by atoms with Crippen LogP contribution in [-0.4, -0.2) is 51.9 Å². The molecule has 0 N–H and O–H groups in total. The molecule has 0 aliphatic carbocycles. The van der Waals surface area contributed by atoms with Crippen LogP contribution < -0.4 is 5.56 Å². The summed E-state index contributed by atoms with van der Waals surface area (Å²) in [7, 11) is 0. The summed E-state index contributed by atoms with van der Waals surface area (Å²) in [5.41, 5.74) is 0.918. The van der Waals surface area contributed by atoms with Crippen LogP contribution in [0.4, 0.5) is 0 Å². The highest BCUT2D eigenvalue weighted by atomic mass is 32.2. The van der Waals surface area contributed by atoms with Crippen LogP contribution in [0.15, 0.2) is 22.6 Å². The van der Waals surface area contributed by atoms with Crippen molar-refractivity contribution in [1.29, 1.82) is 0 Å². The van der Waals surface area contributed by atoms with Crippen molar-refractivity contribution in [2.24, 2.45) is 0 Å². The van der Waals surface area contributed by atoms with Gasteiger partial charge >= 0.3 is 0 Å². The fourth-order valence-corrected chi connectivity index (χ4v) is 4.95. The van der Waals surface area contributed by atoms with Crippen LogP contribution in [-0.2, 0) is 16.1 Å². The van der Waals surface area contributed by atoms with Crippen LogP contribution in [0.2, 0.25) is 0 Å². The molecule has 1 amide bonds. The molecule has 6 nitrogen and oxygen atoms in total. The molecule has 2 aromatic heterocycles. The summed E-state index contributed by atoms with van der Waals surface area (Å²) in [6, 6.07) is 0. The molecule has 0 saturated carbocycles. The highest BCUT2D eigenvalue weighted by molar-refractivity contribution is 7.99. The summed E-state index contributed by atoms with van der Waals surface area (Å²) < 4.78 is 7.09. The second-order valence-corrected chi connectivity index (χ2v) is 8.52. The highest BCUT2D eigenvalue weighted by Gasteiger charge is 2.22. The fourth-order valence-electron chi connectivity index (χ4n) is 2.97. The molecule has 1 aliphatic heterocycles. The van der Waals surface area contributed by atoms with E-state index in [0.717, 1.165) is 15.3 Å². The lowest BCUT2D eigenvalue weighted by Gasteiger charge is -2.31. The van der Waals surface area contributed by atoms with Crippen LogP contribution in [0, 0.1) is 13.8 Å². The zero-order chi connectivity index (χ0) is 18.8. The lowest BCUT2D eigenvalue weighted by Crippen LogP contribution is -2.45. The first-order valence-electron chi connectivity index (χ1n) is 8.56. The van der Waals surface area contributed by atoms with Gasteiger partial charge in [0.2, 0.25) is 5.91 Å². The van der Waals surface area contributed by atoms with Gasteiger partial charge in [0.05, 0.1) is 23.8 Å². The van der Waals surface area contributed by atoms with Gasteiger partial charge in [0.1, 0.15) is 4.83 Å². The number of fused-ring (bicyclic) bond motifs is 1. The van der Waals surface area contributed by atoms with Gasteiger partial charge in [0.15, 0.2) is 5.16 Å². The zero-order valence-electron chi connectivity index (χ0n) is 15.3. The molecule has 1 unspecified atom stereocenters. The Balaban J connectivity index is 1.86. The van der Waals surface area contributed by atoms with E-state index in [1.165, 1.54) is 23.1 Å². The molecule has 0 radical (unpaired) electrons. The number of aromatic nitrogens is 2. The molecule has 1 atom stereocenters. The highest BCUT2D eigenvalue weighted by Crippen LogP contribution is 2.28. The molecule has 1 saturated heterocycles. The van der Waals surface area contributed by atoms with Crippen molar-refractivity contribution in [3.05, 3.63) is 33.4 Å². The smallest absolute Gasteiger partial charge is 0.263 e. The van der Waals surface area contributed by atoms with Crippen LogP contribution in [0.5, 0.6) is 0 Å². The van der Waals surface area contributed by atoms with Crippen molar-refractivity contribution in [1.82, 2.24) is 14.5 Å². The Kier molecular flexibility index (Phi) is 5.84. The fraction of sp³-hybridized carbons (Fsp3) is 0.500. The normalized spacial score (nSPS) is 17.7. The molecular formula is C18H23N3O3S2. The minimum absolute atomic E-state index is 0.0446. The third-order valence-corrected chi connectivity index (χ3v) is 6.55. The van der Waals surface area contributed by atoms with Gasteiger partial charge in [0.25, 0.3) is 5.56 Å². The van der Waals surface area contributed by atoms with E-state index in [0.29, 0.717) is 36.8 Å². The van der Waals surface area contributed by atoms with E-state index in [1.807, 2.05) is 25.7 Å². The molecule has 3 heterocycles. The molecule has 0 aromatic carbocycles. The molecule has 1 aliphatic rings. The zero-order valence-corrected chi connectivity index (χ0v) is 16.9. The van der Waals surface area contributed by atoms with E-state index >= 15 is 0 Å². The maximum Gasteiger partial charge on any atom is 0.263 e. The van der Waals surface area contributed by atoms with E-state index < -0.39 is 0 Å². The lowest BCUT2D eigenvalue weighted by molar-refractivity contribution is -0.135. The van der Waals surface area contributed by atoms with Gasteiger partial charge in [-0.15, -0.1) is 17.9 Å². The van der Waals surface area contributed by atoms with Crippen molar-refractivity contribution in [2.75, 3.05) is 25.4 Å². The van der Waals surface area contributed by atoms with E-state index in [2.05, 4.69) is 11.6 Å². The number of amides is 1. The standard InChI is InChI=1S/C18H23N3O3S2/c1-5-6-21-17(23)15-12(3)13(4)26-16(15)19-18(21)25-10-14(22)20-7-8-24-11(2)9-20/h5,11H,1,6-10H2,2-4H3. The van der Waals surface area contributed by atoms with Gasteiger partial charge in [-0.1, -0.05) is 17.8 Å². The minimum Gasteiger partial charge on any atom is -0.375 e. The number of ether oxygens (including phenoxy) is 1. The van der Waals surface area contributed by atoms with Gasteiger partial charge < -0.3 is 9.64 Å². The number of aryl methyl sites for hydroxylation is 2. The molecule has 8 heteroatoms. The van der Waals surface area contributed by atoms with E-state index in [4.69, 9.17) is 4.74 Å². The van der Waals surface area contributed by atoms with Crippen LogP contribution >= 0.6 is 23.1 Å². The number of allylic oxidation sites excluding steroid dienone is 1. The number of morpholine rings is 1. The Labute approximate surface area is 160 Å². The Morgan fingerprint density at radius 1 is 1.50 bits per heavy atom. The molecule has 3 rings (SSSR count). The second-order valence-electron chi connectivity index (χ2n) is 6.37. The van der Waals surface area contributed by atoms with Crippen LogP contribution in [0.1, 0.15) is 17.4 Å². The van der Waals surface area contributed by atoms with Crippen LogP contribution in [0.25, 0.3) is 10.2 Å². The van der Waals surface area contributed by atoms with E-state index in [1.54, 1.807) is 10.6 Å². The second kappa shape index (κ2) is 7.94. The Hall–Kier alpha value is -1.64. The summed E-state index contributed by atoms with van der Waals surface area (Å²) in [4.78, 5) is 33.7. The third kappa shape index (κ3) is 3.72. The van der Waals surface area contributed by atoms with Crippen molar-refractivity contribution < 1.29 is 9.53 Å².